The molecular formula is C19H17ClN4O2S. The van der Waals surface area contributed by atoms with E-state index in [1.54, 1.807) is 29.6 Å². The average molecular weight is 401 g/mol. The third kappa shape index (κ3) is 5.80. The lowest BCUT2D eigenvalue weighted by Gasteiger charge is -2.05. The molecule has 138 valence electrons. The van der Waals surface area contributed by atoms with Gasteiger partial charge in [0.25, 0.3) is 0 Å². The number of aryl methyl sites for hydroxylation is 1. The molecule has 3 rings (SSSR count). The average Bonchev–Trinajstić information content (AvgIpc) is 3.03. The maximum atomic E-state index is 12.1. The number of benzene rings is 2. The van der Waals surface area contributed by atoms with E-state index >= 15 is 0 Å². The monoisotopic (exact) mass is 400 g/mol. The van der Waals surface area contributed by atoms with E-state index in [0.717, 1.165) is 11.3 Å². The molecule has 3 amide bonds. The topological polar surface area (TPSA) is 83.1 Å². The number of hydrogen-bond acceptors (Lipinski definition) is 4. The number of carbonyl (C=O) groups is 2. The Kier molecular flexibility index (Phi) is 6.05. The van der Waals surface area contributed by atoms with Crippen molar-refractivity contribution in [3.8, 4) is 0 Å². The van der Waals surface area contributed by atoms with Gasteiger partial charge >= 0.3 is 6.03 Å². The third-order valence-corrected chi connectivity index (χ3v) is 4.58. The van der Waals surface area contributed by atoms with E-state index in [-0.39, 0.29) is 12.3 Å². The zero-order valence-corrected chi connectivity index (χ0v) is 16.0. The first kappa shape index (κ1) is 18.9. The summed E-state index contributed by atoms with van der Waals surface area (Å²) in [4.78, 5) is 28.4. The van der Waals surface area contributed by atoms with Crippen LogP contribution in [-0.4, -0.2) is 16.9 Å². The number of halogens is 1. The zero-order valence-electron chi connectivity index (χ0n) is 14.5. The largest absolute Gasteiger partial charge is 0.326 e. The van der Waals surface area contributed by atoms with E-state index in [1.165, 1.54) is 11.3 Å². The number of urea groups is 1. The molecule has 2 aromatic carbocycles. The first-order valence-corrected chi connectivity index (χ1v) is 9.38. The Bertz CT molecular complexity index is 956. The van der Waals surface area contributed by atoms with Crippen molar-refractivity contribution in [2.75, 3.05) is 16.0 Å². The molecule has 0 aliphatic rings. The van der Waals surface area contributed by atoms with Gasteiger partial charge in [-0.1, -0.05) is 23.7 Å². The van der Waals surface area contributed by atoms with Gasteiger partial charge in [0, 0.05) is 21.8 Å². The number of amides is 3. The molecule has 0 atom stereocenters. The first-order valence-electron chi connectivity index (χ1n) is 8.12. The molecule has 0 aliphatic heterocycles. The van der Waals surface area contributed by atoms with Crippen molar-refractivity contribution < 1.29 is 9.59 Å². The highest BCUT2D eigenvalue weighted by Crippen LogP contribution is 2.18. The van der Waals surface area contributed by atoms with Crippen LogP contribution in [0.15, 0.2) is 53.9 Å². The standard InChI is InChI=1S/C19H17ClN4O2S/c1-12-3-2-4-15(9-12)21-17(25)10-16-11-27-19(23-16)24-18(26)22-14-7-5-13(20)6-8-14/h2-9,11H,10H2,1H3,(H,21,25)(H2,22,23,24,26). The van der Waals surface area contributed by atoms with Crippen molar-refractivity contribution in [2.24, 2.45) is 0 Å². The van der Waals surface area contributed by atoms with E-state index in [9.17, 15) is 9.59 Å². The molecule has 27 heavy (non-hydrogen) atoms. The summed E-state index contributed by atoms with van der Waals surface area (Å²) < 4.78 is 0. The van der Waals surface area contributed by atoms with Crippen LogP contribution in [0.5, 0.6) is 0 Å². The van der Waals surface area contributed by atoms with Gasteiger partial charge in [-0.15, -0.1) is 11.3 Å². The van der Waals surface area contributed by atoms with Crippen molar-refractivity contribution >= 4 is 51.4 Å². The number of nitrogens with zero attached hydrogens (tertiary/aromatic N) is 1. The summed E-state index contributed by atoms with van der Waals surface area (Å²) >= 11 is 7.07. The molecule has 0 saturated heterocycles. The predicted molar refractivity (Wildman–Crippen MR) is 110 cm³/mol. The molecule has 0 saturated carbocycles. The van der Waals surface area contributed by atoms with Gasteiger partial charge in [0.15, 0.2) is 5.13 Å². The molecule has 0 unspecified atom stereocenters. The smallest absolute Gasteiger partial charge is 0.325 e. The third-order valence-electron chi connectivity index (χ3n) is 3.52. The van der Waals surface area contributed by atoms with Gasteiger partial charge in [-0.25, -0.2) is 9.78 Å². The van der Waals surface area contributed by atoms with Crippen LogP contribution in [0.25, 0.3) is 0 Å². The number of hydrogen-bond donors (Lipinski definition) is 3. The molecule has 3 N–H and O–H groups in total. The zero-order chi connectivity index (χ0) is 19.2. The van der Waals surface area contributed by atoms with Gasteiger partial charge < -0.3 is 10.6 Å². The number of anilines is 3. The summed E-state index contributed by atoms with van der Waals surface area (Å²) in [5, 5.41) is 10.9. The minimum atomic E-state index is -0.414. The number of carbonyl (C=O) groups excluding carboxylic acids is 2. The summed E-state index contributed by atoms with van der Waals surface area (Å²) in [5.74, 6) is -0.164. The van der Waals surface area contributed by atoms with Gasteiger partial charge in [0.1, 0.15) is 0 Å². The summed E-state index contributed by atoms with van der Waals surface area (Å²) in [6.07, 6.45) is 0.130. The molecule has 3 aromatic rings. The van der Waals surface area contributed by atoms with E-state index in [4.69, 9.17) is 11.6 Å². The lowest BCUT2D eigenvalue weighted by atomic mass is 10.2. The van der Waals surface area contributed by atoms with E-state index < -0.39 is 6.03 Å². The highest BCUT2D eigenvalue weighted by molar-refractivity contribution is 7.14. The molecule has 0 aliphatic carbocycles. The fraction of sp³-hybridized carbons (Fsp3) is 0.105. The Labute approximate surface area is 165 Å². The predicted octanol–water partition coefficient (Wildman–Crippen LogP) is 4.93. The fourth-order valence-electron chi connectivity index (χ4n) is 2.33. The van der Waals surface area contributed by atoms with Crippen molar-refractivity contribution in [3.63, 3.8) is 0 Å². The van der Waals surface area contributed by atoms with Crippen LogP contribution in [0.3, 0.4) is 0 Å². The second-order valence-electron chi connectivity index (χ2n) is 5.82. The molecule has 0 radical (unpaired) electrons. The fourth-order valence-corrected chi connectivity index (χ4v) is 3.16. The molecular weight excluding hydrogens is 384 g/mol. The van der Waals surface area contributed by atoms with Crippen molar-refractivity contribution in [3.05, 3.63) is 70.2 Å². The maximum absolute atomic E-state index is 12.1. The normalized spacial score (nSPS) is 10.3. The molecule has 1 aromatic heterocycles. The Balaban J connectivity index is 1.52. The van der Waals surface area contributed by atoms with Gasteiger partial charge in [-0.3, -0.25) is 10.1 Å². The van der Waals surface area contributed by atoms with Crippen LogP contribution >= 0.6 is 22.9 Å². The van der Waals surface area contributed by atoms with Gasteiger partial charge in [0.2, 0.25) is 5.91 Å². The number of nitrogens with one attached hydrogen (secondary N) is 3. The minimum absolute atomic E-state index is 0.130. The van der Waals surface area contributed by atoms with E-state index in [0.29, 0.717) is 21.5 Å². The SMILES string of the molecule is Cc1cccc(NC(=O)Cc2csc(NC(=O)Nc3ccc(Cl)cc3)n2)c1. The van der Waals surface area contributed by atoms with Gasteiger partial charge in [-0.05, 0) is 48.9 Å². The summed E-state index contributed by atoms with van der Waals surface area (Å²) in [6, 6.07) is 13.9. The van der Waals surface area contributed by atoms with Crippen LogP contribution in [0.4, 0.5) is 21.3 Å². The first-order chi connectivity index (χ1) is 13.0. The molecule has 6 nitrogen and oxygen atoms in total. The number of rotatable bonds is 5. The lowest BCUT2D eigenvalue weighted by molar-refractivity contribution is -0.115. The Morgan fingerprint density at radius 2 is 1.81 bits per heavy atom. The van der Waals surface area contributed by atoms with Crippen molar-refractivity contribution in [2.45, 2.75) is 13.3 Å². The molecule has 8 heteroatoms. The minimum Gasteiger partial charge on any atom is -0.326 e. The van der Waals surface area contributed by atoms with Crippen LogP contribution in [0.1, 0.15) is 11.3 Å². The number of aromatic nitrogens is 1. The molecule has 0 bridgehead atoms. The Morgan fingerprint density at radius 3 is 2.56 bits per heavy atom. The van der Waals surface area contributed by atoms with Gasteiger partial charge in [-0.2, -0.15) is 0 Å². The number of thiazole rings is 1. The molecule has 0 spiro atoms. The lowest BCUT2D eigenvalue weighted by Crippen LogP contribution is -2.19. The van der Waals surface area contributed by atoms with E-state index in [2.05, 4.69) is 20.9 Å². The van der Waals surface area contributed by atoms with Crippen molar-refractivity contribution in [1.29, 1.82) is 0 Å². The quantitative estimate of drug-likeness (QED) is 0.567. The summed E-state index contributed by atoms with van der Waals surface area (Å²) in [6.45, 7) is 1.96. The Morgan fingerprint density at radius 1 is 1.04 bits per heavy atom. The highest BCUT2D eigenvalue weighted by Gasteiger charge is 2.10. The summed E-state index contributed by atoms with van der Waals surface area (Å²) in [7, 11) is 0. The molecule has 0 fully saturated rings. The molecule has 1 heterocycles. The summed E-state index contributed by atoms with van der Waals surface area (Å²) in [5.41, 5.74) is 3.02. The maximum Gasteiger partial charge on any atom is 0.325 e. The van der Waals surface area contributed by atoms with Crippen molar-refractivity contribution in [1.82, 2.24) is 4.98 Å². The highest BCUT2D eigenvalue weighted by atomic mass is 35.5. The Hall–Kier alpha value is -2.90. The van der Waals surface area contributed by atoms with Crippen LogP contribution < -0.4 is 16.0 Å². The second-order valence-corrected chi connectivity index (χ2v) is 7.12. The van der Waals surface area contributed by atoms with Crippen LogP contribution in [-0.2, 0) is 11.2 Å². The van der Waals surface area contributed by atoms with E-state index in [1.807, 2.05) is 31.2 Å². The van der Waals surface area contributed by atoms with Crippen LogP contribution in [0, 0.1) is 6.92 Å². The second kappa shape index (κ2) is 8.66. The van der Waals surface area contributed by atoms with Gasteiger partial charge in [0.05, 0.1) is 12.1 Å². The van der Waals surface area contributed by atoms with Crippen LogP contribution in [0.2, 0.25) is 5.02 Å².